The molecule has 0 aliphatic carbocycles. The van der Waals surface area contributed by atoms with Gasteiger partial charge in [0.15, 0.2) is 6.29 Å². The number of carbonyl (C=O) groups excluding carboxylic acids is 1. The second-order valence-electron chi connectivity index (χ2n) is 3.70. The number of aldehydes is 1. The van der Waals surface area contributed by atoms with Gasteiger partial charge in [-0.1, -0.05) is 0 Å². The zero-order valence-electron chi connectivity index (χ0n) is 8.06. The van der Waals surface area contributed by atoms with E-state index in [-0.39, 0.29) is 0 Å². The third kappa shape index (κ3) is 2.20. The second kappa shape index (κ2) is 4.37. The molecule has 1 fully saturated rings. The molecular weight excluding hydrogens is 180 g/mol. The number of aromatic nitrogens is 2. The quantitative estimate of drug-likeness (QED) is 0.677. The average Bonchev–Trinajstić information content (AvgIpc) is 2.67. The van der Waals surface area contributed by atoms with Crippen molar-refractivity contribution in [3.05, 3.63) is 18.0 Å². The molecule has 1 atom stereocenters. The Labute approximate surface area is 82.9 Å². The molecular formula is C10H14N2O2. The monoisotopic (exact) mass is 194 g/mol. The maximum absolute atomic E-state index is 10.4. The lowest BCUT2D eigenvalue weighted by Crippen LogP contribution is -2.22. The minimum atomic E-state index is 0.545. The largest absolute Gasteiger partial charge is 0.381 e. The van der Waals surface area contributed by atoms with E-state index >= 15 is 0 Å². The van der Waals surface area contributed by atoms with Gasteiger partial charge in [0.25, 0.3) is 0 Å². The van der Waals surface area contributed by atoms with Crippen LogP contribution >= 0.6 is 0 Å². The molecule has 0 radical (unpaired) electrons. The lowest BCUT2D eigenvalue weighted by molar-refractivity contribution is 0.0470. The standard InChI is InChI=1S/C10H14N2O2/c13-7-10-4-11-12(6-10)5-9-2-1-3-14-8-9/h4,6-7,9H,1-3,5,8H2/t9-/m1/s1. The van der Waals surface area contributed by atoms with E-state index in [9.17, 15) is 4.79 Å². The molecule has 1 aliphatic rings. The molecule has 14 heavy (non-hydrogen) atoms. The topological polar surface area (TPSA) is 44.1 Å². The first-order valence-corrected chi connectivity index (χ1v) is 4.94. The van der Waals surface area contributed by atoms with Crippen LogP contribution in [-0.4, -0.2) is 29.3 Å². The summed E-state index contributed by atoms with van der Waals surface area (Å²) in [7, 11) is 0. The van der Waals surface area contributed by atoms with Crippen LogP contribution < -0.4 is 0 Å². The summed E-state index contributed by atoms with van der Waals surface area (Å²) in [6, 6.07) is 0. The number of hydrogen-bond acceptors (Lipinski definition) is 3. The molecule has 0 N–H and O–H groups in total. The summed E-state index contributed by atoms with van der Waals surface area (Å²) in [5.41, 5.74) is 0.640. The summed E-state index contributed by atoms with van der Waals surface area (Å²) >= 11 is 0. The highest BCUT2D eigenvalue weighted by molar-refractivity contribution is 5.73. The van der Waals surface area contributed by atoms with Gasteiger partial charge in [0.05, 0.1) is 18.4 Å². The van der Waals surface area contributed by atoms with Gasteiger partial charge in [0.1, 0.15) is 0 Å². The molecule has 2 heterocycles. The van der Waals surface area contributed by atoms with Crippen molar-refractivity contribution in [3.63, 3.8) is 0 Å². The van der Waals surface area contributed by atoms with E-state index < -0.39 is 0 Å². The van der Waals surface area contributed by atoms with Crippen molar-refractivity contribution in [2.45, 2.75) is 19.4 Å². The highest BCUT2D eigenvalue weighted by Crippen LogP contribution is 2.15. The van der Waals surface area contributed by atoms with Crippen LogP contribution in [0.5, 0.6) is 0 Å². The second-order valence-corrected chi connectivity index (χ2v) is 3.70. The van der Waals surface area contributed by atoms with Crippen LogP contribution in [0, 0.1) is 5.92 Å². The first-order valence-electron chi connectivity index (χ1n) is 4.94. The summed E-state index contributed by atoms with van der Waals surface area (Å²) < 4.78 is 7.20. The van der Waals surface area contributed by atoms with Crippen LogP contribution in [0.25, 0.3) is 0 Å². The molecule has 2 rings (SSSR count). The summed E-state index contributed by atoms with van der Waals surface area (Å²) in [5.74, 6) is 0.545. The molecule has 1 aromatic heterocycles. The molecule has 76 valence electrons. The highest BCUT2D eigenvalue weighted by Gasteiger charge is 2.14. The van der Waals surface area contributed by atoms with E-state index in [1.807, 2.05) is 4.68 Å². The first kappa shape index (κ1) is 9.40. The Morgan fingerprint density at radius 2 is 2.64 bits per heavy atom. The molecule has 1 aliphatic heterocycles. The number of carbonyl (C=O) groups is 1. The molecule has 1 aromatic rings. The lowest BCUT2D eigenvalue weighted by atomic mass is 10.0. The zero-order valence-corrected chi connectivity index (χ0v) is 8.06. The zero-order chi connectivity index (χ0) is 9.80. The van der Waals surface area contributed by atoms with Gasteiger partial charge in [0.2, 0.25) is 0 Å². The van der Waals surface area contributed by atoms with Crippen molar-refractivity contribution >= 4 is 6.29 Å². The predicted molar refractivity (Wildman–Crippen MR) is 51.2 cm³/mol. The van der Waals surface area contributed by atoms with Crippen molar-refractivity contribution in [2.75, 3.05) is 13.2 Å². The van der Waals surface area contributed by atoms with Gasteiger partial charge in [-0.3, -0.25) is 9.48 Å². The predicted octanol–water partition coefficient (Wildman–Crippen LogP) is 1.12. The fraction of sp³-hybridized carbons (Fsp3) is 0.600. The third-order valence-corrected chi connectivity index (χ3v) is 2.49. The van der Waals surface area contributed by atoms with E-state index in [4.69, 9.17) is 4.74 Å². The highest BCUT2D eigenvalue weighted by atomic mass is 16.5. The Morgan fingerprint density at radius 3 is 3.29 bits per heavy atom. The summed E-state index contributed by atoms with van der Waals surface area (Å²) in [6.07, 6.45) is 6.52. The fourth-order valence-corrected chi connectivity index (χ4v) is 1.76. The van der Waals surface area contributed by atoms with Gasteiger partial charge in [-0.15, -0.1) is 0 Å². The van der Waals surface area contributed by atoms with E-state index in [2.05, 4.69) is 5.10 Å². The smallest absolute Gasteiger partial charge is 0.153 e. The van der Waals surface area contributed by atoms with Crippen LogP contribution in [0.1, 0.15) is 23.2 Å². The minimum Gasteiger partial charge on any atom is -0.381 e. The molecule has 0 unspecified atom stereocenters. The van der Waals surface area contributed by atoms with Crippen LogP contribution in [0.4, 0.5) is 0 Å². The van der Waals surface area contributed by atoms with Crippen molar-refractivity contribution < 1.29 is 9.53 Å². The van der Waals surface area contributed by atoms with Crippen molar-refractivity contribution in [1.82, 2.24) is 9.78 Å². The Balaban J connectivity index is 1.92. The van der Waals surface area contributed by atoms with Gasteiger partial charge in [-0.25, -0.2) is 0 Å². The summed E-state index contributed by atoms with van der Waals surface area (Å²) in [5, 5.41) is 4.11. The number of nitrogens with zero attached hydrogens (tertiary/aromatic N) is 2. The van der Waals surface area contributed by atoms with Gasteiger partial charge in [-0.05, 0) is 12.8 Å². The normalized spacial score (nSPS) is 22.1. The van der Waals surface area contributed by atoms with Crippen molar-refractivity contribution in [3.8, 4) is 0 Å². The molecule has 1 saturated heterocycles. The average molecular weight is 194 g/mol. The Morgan fingerprint density at radius 1 is 1.71 bits per heavy atom. The van der Waals surface area contributed by atoms with Crippen LogP contribution in [0.2, 0.25) is 0 Å². The van der Waals surface area contributed by atoms with Crippen LogP contribution in [0.3, 0.4) is 0 Å². The van der Waals surface area contributed by atoms with E-state index in [0.717, 1.165) is 32.5 Å². The van der Waals surface area contributed by atoms with Crippen LogP contribution in [0.15, 0.2) is 12.4 Å². The molecule has 4 heteroatoms. The van der Waals surface area contributed by atoms with Gasteiger partial charge >= 0.3 is 0 Å². The Kier molecular flexibility index (Phi) is 2.93. The maximum atomic E-state index is 10.4. The minimum absolute atomic E-state index is 0.545. The molecule has 0 aromatic carbocycles. The number of ether oxygens (including phenoxy) is 1. The molecule has 0 bridgehead atoms. The molecule has 0 spiro atoms. The third-order valence-electron chi connectivity index (χ3n) is 2.49. The van der Waals surface area contributed by atoms with Crippen molar-refractivity contribution in [1.29, 1.82) is 0 Å². The number of rotatable bonds is 3. The van der Waals surface area contributed by atoms with Crippen molar-refractivity contribution in [2.24, 2.45) is 5.92 Å². The maximum Gasteiger partial charge on any atom is 0.153 e. The Bertz CT molecular complexity index is 303. The fourth-order valence-electron chi connectivity index (χ4n) is 1.76. The molecule has 0 saturated carbocycles. The van der Waals surface area contributed by atoms with Crippen LogP contribution in [-0.2, 0) is 11.3 Å². The van der Waals surface area contributed by atoms with Gasteiger partial charge in [-0.2, -0.15) is 5.10 Å². The SMILES string of the molecule is O=Cc1cnn(C[C@H]2CCCOC2)c1. The van der Waals surface area contributed by atoms with Gasteiger partial charge < -0.3 is 4.74 Å². The lowest BCUT2D eigenvalue weighted by Gasteiger charge is -2.21. The molecule has 4 nitrogen and oxygen atoms in total. The summed E-state index contributed by atoms with van der Waals surface area (Å²) in [4.78, 5) is 10.4. The van der Waals surface area contributed by atoms with Gasteiger partial charge in [0, 0.05) is 25.3 Å². The first-order chi connectivity index (χ1) is 6.88. The Hall–Kier alpha value is -1.16. The van der Waals surface area contributed by atoms with E-state index in [1.165, 1.54) is 6.42 Å². The summed E-state index contributed by atoms with van der Waals surface area (Å²) in [6.45, 7) is 2.55. The van der Waals surface area contributed by atoms with E-state index in [0.29, 0.717) is 11.5 Å². The molecule has 0 amide bonds. The van der Waals surface area contributed by atoms with E-state index in [1.54, 1.807) is 12.4 Å². The number of hydrogen-bond donors (Lipinski definition) is 0.